The molecule has 0 saturated heterocycles. The Morgan fingerprint density at radius 1 is 1.14 bits per heavy atom. The number of nitrogens with zero attached hydrogens (tertiary/aromatic N) is 2. The van der Waals surface area contributed by atoms with Crippen LogP contribution in [0.1, 0.15) is 5.56 Å². The molecule has 1 aliphatic heterocycles. The summed E-state index contributed by atoms with van der Waals surface area (Å²) in [6.45, 7) is 0.660. The Labute approximate surface area is 124 Å². The summed E-state index contributed by atoms with van der Waals surface area (Å²) in [6.07, 6.45) is 7.61. The molecule has 0 saturated carbocycles. The number of methoxy groups -OCH3 is 1. The van der Waals surface area contributed by atoms with Crippen LogP contribution >= 0.6 is 0 Å². The third-order valence-electron chi connectivity index (χ3n) is 3.43. The second-order valence-corrected chi connectivity index (χ2v) is 4.82. The first-order valence-electron chi connectivity index (χ1n) is 6.76. The number of ether oxygens (including phenoxy) is 1. The van der Waals surface area contributed by atoms with E-state index in [1.807, 2.05) is 54.7 Å². The average molecular weight is 279 g/mol. The molecular formula is C17H17N3O. The van der Waals surface area contributed by atoms with Gasteiger partial charge in [-0.3, -0.25) is 4.98 Å². The van der Waals surface area contributed by atoms with E-state index < -0.39 is 0 Å². The molecule has 1 aromatic heterocycles. The maximum atomic E-state index is 5.99. The number of hydrogen-bond acceptors (Lipinski definition) is 4. The standard InChI is InChI=1S/C17H17N3O/c1-21-16-7-5-15(6-8-16)20-12-14(18)4-9-17(20)13-3-2-10-19-11-13/h2-11H,12,18H2,1H3. The highest BCUT2D eigenvalue weighted by atomic mass is 16.5. The third kappa shape index (κ3) is 2.74. The smallest absolute Gasteiger partial charge is 0.119 e. The monoisotopic (exact) mass is 279 g/mol. The van der Waals surface area contributed by atoms with Gasteiger partial charge in [0, 0.05) is 29.3 Å². The number of hydrogen-bond donors (Lipinski definition) is 1. The van der Waals surface area contributed by atoms with Crippen LogP contribution in [0.15, 0.2) is 66.6 Å². The number of nitrogens with two attached hydrogens (primary N) is 1. The molecule has 0 spiro atoms. The zero-order valence-corrected chi connectivity index (χ0v) is 11.9. The van der Waals surface area contributed by atoms with Gasteiger partial charge in [0.2, 0.25) is 0 Å². The fourth-order valence-electron chi connectivity index (χ4n) is 2.36. The van der Waals surface area contributed by atoms with Crippen molar-refractivity contribution in [3.8, 4) is 5.75 Å². The summed E-state index contributed by atoms with van der Waals surface area (Å²) in [4.78, 5) is 6.37. The molecule has 2 aromatic rings. The van der Waals surface area contributed by atoms with Crippen LogP contribution in [0.2, 0.25) is 0 Å². The first-order chi connectivity index (χ1) is 10.3. The van der Waals surface area contributed by atoms with Gasteiger partial charge in [0.1, 0.15) is 5.75 Å². The average Bonchev–Trinajstić information content (AvgIpc) is 2.56. The SMILES string of the molecule is COc1ccc(N2CC(N)=CC=C2c2cccnc2)cc1. The Bertz CT molecular complexity index is 675. The molecule has 0 bridgehead atoms. The van der Waals surface area contributed by atoms with Gasteiger partial charge in [-0.2, -0.15) is 0 Å². The molecule has 2 N–H and O–H groups in total. The van der Waals surface area contributed by atoms with E-state index in [4.69, 9.17) is 10.5 Å². The Kier molecular flexibility index (Phi) is 3.60. The zero-order chi connectivity index (χ0) is 14.7. The van der Waals surface area contributed by atoms with Crippen molar-refractivity contribution in [3.05, 3.63) is 72.2 Å². The van der Waals surface area contributed by atoms with Gasteiger partial charge in [-0.1, -0.05) is 0 Å². The van der Waals surface area contributed by atoms with Crippen molar-refractivity contribution in [1.29, 1.82) is 0 Å². The summed E-state index contributed by atoms with van der Waals surface area (Å²) >= 11 is 0. The van der Waals surface area contributed by atoms with Gasteiger partial charge in [0.25, 0.3) is 0 Å². The van der Waals surface area contributed by atoms with Crippen molar-refractivity contribution < 1.29 is 4.74 Å². The highest BCUT2D eigenvalue weighted by Gasteiger charge is 2.17. The number of aromatic nitrogens is 1. The number of pyridine rings is 1. The molecule has 0 aliphatic carbocycles. The highest BCUT2D eigenvalue weighted by molar-refractivity contribution is 5.82. The Balaban J connectivity index is 1.99. The summed E-state index contributed by atoms with van der Waals surface area (Å²) in [7, 11) is 1.66. The van der Waals surface area contributed by atoms with Crippen LogP contribution < -0.4 is 15.4 Å². The molecule has 21 heavy (non-hydrogen) atoms. The van der Waals surface area contributed by atoms with Gasteiger partial charge in [-0.15, -0.1) is 0 Å². The Morgan fingerprint density at radius 3 is 2.62 bits per heavy atom. The minimum atomic E-state index is 0.660. The third-order valence-corrected chi connectivity index (χ3v) is 3.43. The maximum absolute atomic E-state index is 5.99. The molecule has 3 rings (SSSR count). The second-order valence-electron chi connectivity index (χ2n) is 4.82. The summed E-state index contributed by atoms with van der Waals surface area (Å²) < 4.78 is 5.21. The van der Waals surface area contributed by atoms with Crippen molar-refractivity contribution in [2.45, 2.75) is 0 Å². The molecule has 4 heteroatoms. The molecule has 2 heterocycles. The van der Waals surface area contributed by atoms with E-state index in [0.717, 1.165) is 28.4 Å². The van der Waals surface area contributed by atoms with E-state index in [1.165, 1.54) is 0 Å². The summed E-state index contributed by atoms with van der Waals surface area (Å²) in [5.74, 6) is 0.839. The lowest BCUT2D eigenvalue weighted by molar-refractivity contribution is 0.415. The maximum Gasteiger partial charge on any atom is 0.119 e. The Morgan fingerprint density at radius 2 is 1.95 bits per heavy atom. The largest absolute Gasteiger partial charge is 0.497 e. The van der Waals surface area contributed by atoms with Crippen LogP contribution in [0.3, 0.4) is 0 Å². The summed E-state index contributed by atoms with van der Waals surface area (Å²) in [5, 5.41) is 0. The molecule has 0 unspecified atom stereocenters. The van der Waals surface area contributed by atoms with Crippen LogP contribution in [0.25, 0.3) is 5.70 Å². The van der Waals surface area contributed by atoms with Crippen molar-refractivity contribution in [2.24, 2.45) is 5.73 Å². The lowest BCUT2D eigenvalue weighted by Gasteiger charge is -2.30. The van der Waals surface area contributed by atoms with Gasteiger partial charge in [0.05, 0.1) is 19.4 Å². The molecule has 106 valence electrons. The summed E-state index contributed by atoms with van der Waals surface area (Å²) in [5.41, 5.74) is 10.0. The molecule has 1 aromatic carbocycles. The van der Waals surface area contributed by atoms with Crippen LogP contribution in [-0.2, 0) is 0 Å². The highest BCUT2D eigenvalue weighted by Crippen LogP contribution is 2.30. The van der Waals surface area contributed by atoms with E-state index in [-0.39, 0.29) is 0 Å². The van der Waals surface area contributed by atoms with Crippen LogP contribution in [0.4, 0.5) is 5.69 Å². The van der Waals surface area contributed by atoms with E-state index in [1.54, 1.807) is 13.3 Å². The molecule has 0 atom stereocenters. The Hall–Kier alpha value is -2.75. The molecule has 0 fully saturated rings. The molecule has 0 radical (unpaired) electrons. The fraction of sp³-hybridized carbons (Fsp3) is 0.118. The van der Waals surface area contributed by atoms with Crippen LogP contribution in [0.5, 0.6) is 5.75 Å². The lowest BCUT2D eigenvalue weighted by atomic mass is 10.1. The molecule has 0 amide bonds. The predicted molar refractivity (Wildman–Crippen MR) is 84.8 cm³/mol. The van der Waals surface area contributed by atoms with Crippen molar-refractivity contribution >= 4 is 11.4 Å². The van der Waals surface area contributed by atoms with Crippen LogP contribution in [0, 0.1) is 0 Å². The first kappa shape index (κ1) is 13.2. The van der Waals surface area contributed by atoms with Crippen molar-refractivity contribution in [1.82, 2.24) is 4.98 Å². The fourth-order valence-corrected chi connectivity index (χ4v) is 2.36. The second kappa shape index (κ2) is 5.71. The van der Waals surface area contributed by atoms with Gasteiger partial charge < -0.3 is 15.4 Å². The molecule has 4 nitrogen and oxygen atoms in total. The quantitative estimate of drug-likeness (QED) is 0.938. The molecular weight excluding hydrogens is 262 g/mol. The van der Waals surface area contributed by atoms with Gasteiger partial charge in [-0.05, 0) is 48.6 Å². The number of benzene rings is 1. The first-order valence-corrected chi connectivity index (χ1v) is 6.76. The van der Waals surface area contributed by atoms with Crippen molar-refractivity contribution in [3.63, 3.8) is 0 Å². The van der Waals surface area contributed by atoms with Crippen molar-refractivity contribution in [2.75, 3.05) is 18.6 Å². The van der Waals surface area contributed by atoms with Crippen LogP contribution in [-0.4, -0.2) is 18.6 Å². The number of rotatable bonds is 3. The van der Waals surface area contributed by atoms with Gasteiger partial charge >= 0.3 is 0 Å². The van der Waals surface area contributed by atoms with Gasteiger partial charge in [-0.25, -0.2) is 0 Å². The van der Waals surface area contributed by atoms with E-state index in [0.29, 0.717) is 6.54 Å². The van der Waals surface area contributed by atoms with E-state index in [9.17, 15) is 0 Å². The van der Waals surface area contributed by atoms with E-state index in [2.05, 4.69) is 9.88 Å². The number of anilines is 1. The number of allylic oxidation sites excluding steroid dienone is 2. The zero-order valence-electron chi connectivity index (χ0n) is 11.9. The van der Waals surface area contributed by atoms with E-state index >= 15 is 0 Å². The normalized spacial score (nSPS) is 14.4. The van der Waals surface area contributed by atoms with Gasteiger partial charge in [0.15, 0.2) is 0 Å². The minimum Gasteiger partial charge on any atom is -0.497 e. The molecule has 1 aliphatic rings. The minimum absolute atomic E-state index is 0.660. The lowest BCUT2D eigenvalue weighted by Crippen LogP contribution is -2.29. The topological polar surface area (TPSA) is 51.4 Å². The predicted octanol–water partition coefficient (Wildman–Crippen LogP) is 2.79. The summed E-state index contributed by atoms with van der Waals surface area (Å²) in [6, 6.07) is 11.9.